The number of rotatable bonds is 4. The summed E-state index contributed by atoms with van der Waals surface area (Å²) in [6.45, 7) is 1.73. The van der Waals surface area contributed by atoms with Crippen LogP contribution in [0.25, 0.3) is 0 Å². The largest absolute Gasteiger partial charge is 0.262 e. The highest BCUT2D eigenvalue weighted by Gasteiger charge is 2.21. The van der Waals surface area contributed by atoms with E-state index in [9.17, 15) is 8.42 Å². The average Bonchev–Trinajstić information content (AvgIpc) is 3.00. The second-order valence-electron chi connectivity index (χ2n) is 5.35. The Morgan fingerprint density at radius 1 is 1.24 bits per heavy atom. The first kappa shape index (κ1) is 14.2. The second kappa shape index (κ2) is 5.57. The fourth-order valence-electron chi connectivity index (χ4n) is 2.66. The molecule has 1 aliphatic rings. The number of aromatic nitrogens is 3. The van der Waals surface area contributed by atoms with E-state index < -0.39 is 16.1 Å². The number of hydrogen-bond acceptors (Lipinski definition) is 4. The number of fused-ring (bicyclic) bond motifs is 1. The normalized spacial score (nSPS) is 16.4. The maximum atomic E-state index is 12.5. The van der Waals surface area contributed by atoms with Gasteiger partial charge in [0.15, 0.2) is 0 Å². The molecule has 1 unspecified atom stereocenters. The van der Waals surface area contributed by atoms with E-state index >= 15 is 0 Å². The molecule has 1 aromatic carbocycles. The van der Waals surface area contributed by atoms with Crippen LogP contribution in [-0.4, -0.2) is 23.6 Å². The second-order valence-corrected chi connectivity index (χ2v) is 7.07. The smallest absolute Gasteiger partial charge is 0.241 e. The van der Waals surface area contributed by atoms with Crippen LogP contribution in [0.5, 0.6) is 0 Å². The number of nitrogens with one attached hydrogen (secondary N) is 2. The van der Waals surface area contributed by atoms with Crippen molar-refractivity contribution in [2.75, 3.05) is 0 Å². The highest BCUT2D eigenvalue weighted by Crippen LogP contribution is 2.24. The molecule has 1 aromatic heterocycles. The molecule has 2 N–H and O–H groups in total. The van der Waals surface area contributed by atoms with Crippen molar-refractivity contribution in [3.63, 3.8) is 0 Å². The van der Waals surface area contributed by atoms with Gasteiger partial charge < -0.3 is 0 Å². The number of benzene rings is 1. The summed E-state index contributed by atoms with van der Waals surface area (Å²) < 4.78 is 27.5. The van der Waals surface area contributed by atoms with Gasteiger partial charge in [0.05, 0.1) is 10.9 Å². The molecule has 0 saturated carbocycles. The summed E-state index contributed by atoms with van der Waals surface area (Å²) in [5.41, 5.74) is 2.42. The standard InChI is InChI=1S/C14H18N4O2S/c1-10(14-15-9-16-17-14)18-21(19,20)13-7-6-11-4-2-3-5-12(11)8-13/h6-10,18H,2-5H2,1H3,(H,15,16,17). The summed E-state index contributed by atoms with van der Waals surface area (Å²) >= 11 is 0. The third kappa shape index (κ3) is 2.98. The van der Waals surface area contributed by atoms with Crippen molar-refractivity contribution < 1.29 is 8.42 Å². The van der Waals surface area contributed by atoms with Crippen LogP contribution in [0, 0.1) is 0 Å². The van der Waals surface area contributed by atoms with Crippen LogP contribution in [0.15, 0.2) is 29.4 Å². The topological polar surface area (TPSA) is 87.7 Å². The van der Waals surface area contributed by atoms with Crippen molar-refractivity contribution in [2.24, 2.45) is 0 Å². The first-order valence-electron chi connectivity index (χ1n) is 7.06. The molecule has 6 nitrogen and oxygen atoms in total. The summed E-state index contributed by atoms with van der Waals surface area (Å²) in [6.07, 6.45) is 5.66. The van der Waals surface area contributed by atoms with Crippen molar-refractivity contribution in [3.8, 4) is 0 Å². The molecular weight excluding hydrogens is 288 g/mol. The Morgan fingerprint density at radius 2 is 2.00 bits per heavy atom. The maximum absolute atomic E-state index is 12.5. The zero-order chi connectivity index (χ0) is 14.9. The number of sulfonamides is 1. The number of hydrogen-bond donors (Lipinski definition) is 2. The van der Waals surface area contributed by atoms with Crippen LogP contribution in [0.1, 0.15) is 42.8 Å². The van der Waals surface area contributed by atoms with Crippen molar-refractivity contribution in [1.82, 2.24) is 19.9 Å². The van der Waals surface area contributed by atoms with Gasteiger partial charge in [0, 0.05) is 0 Å². The van der Waals surface area contributed by atoms with Gasteiger partial charge in [-0.3, -0.25) is 5.10 Å². The summed E-state index contributed by atoms with van der Waals surface area (Å²) in [4.78, 5) is 4.28. The van der Waals surface area contributed by atoms with Gasteiger partial charge in [0.2, 0.25) is 10.0 Å². The van der Waals surface area contributed by atoms with Crippen molar-refractivity contribution in [3.05, 3.63) is 41.5 Å². The Hall–Kier alpha value is -1.73. The van der Waals surface area contributed by atoms with Gasteiger partial charge in [0.1, 0.15) is 12.2 Å². The van der Waals surface area contributed by atoms with Gasteiger partial charge in [-0.05, 0) is 55.9 Å². The number of H-pyrrole nitrogens is 1. The van der Waals surface area contributed by atoms with E-state index in [2.05, 4.69) is 19.9 Å². The zero-order valence-electron chi connectivity index (χ0n) is 11.8. The minimum absolute atomic E-state index is 0.314. The molecule has 0 bridgehead atoms. The van der Waals surface area contributed by atoms with Crippen LogP contribution in [0.3, 0.4) is 0 Å². The van der Waals surface area contributed by atoms with Crippen LogP contribution in [-0.2, 0) is 22.9 Å². The molecule has 1 aliphatic carbocycles. The predicted octanol–water partition coefficient (Wildman–Crippen LogP) is 1.72. The molecule has 2 aromatic rings. The zero-order valence-corrected chi connectivity index (χ0v) is 12.7. The Balaban J connectivity index is 1.84. The molecule has 0 fully saturated rings. The van der Waals surface area contributed by atoms with E-state index in [0.717, 1.165) is 24.8 Å². The van der Waals surface area contributed by atoms with Crippen LogP contribution in [0.4, 0.5) is 0 Å². The average molecular weight is 306 g/mol. The molecular formula is C14H18N4O2S. The SMILES string of the molecule is CC(NS(=O)(=O)c1ccc2c(c1)CCCC2)c1ncn[nH]1. The van der Waals surface area contributed by atoms with E-state index in [1.54, 1.807) is 19.1 Å². The van der Waals surface area contributed by atoms with E-state index in [4.69, 9.17) is 0 Å². The molecule has 0 saturated heterocycles. The van der Waals surface area contributed by atoms with Gasteiger partial charge in [-0.15, -0.1) is 0 Å². The molecule has 7 heteroatoms. The molecule has 0 radical (unpaired) electrons. The number of nitrogens with zero attached hydrogens (tertiary/aromatic N) is 2. The lowest BCUT2D eigenvalue weighted by molar-refractivity contribution is 0.560. The van der Waals surface area contributed by atoms with Crippen molar-refractivity contribution in [2.45, 2.75) is 43.5 Å². The highest BCUT2D eigenvalue weighted by molar-refractivity contribution is 7.89. The van der Waals surface area contributed by atoms with Gasteiger partial charge in [0.25, 0.3) is 0 Å². The minimum Gasteiger partial charge on any atom is -0.262 e. The van der Waals surface area contributed by atoms with E-state index in [0.29, 0.717) is 10.7 Å². The molecule has 0 spiro atoms. The van der Waals surface area contributed by atoms with Crippen molar-refractivity contribution >= 4 is 10.0 Å². The van der Waals surface area contributed by atoms with Gasteiger partial charge in [-0.2, -0.15) is 5.10 Å². The molecule has 112 valence electrons. The summed E-state index contributed by atoms with van der Waals surface area (Å²) in [7, 11) is -3.56. The monoisotopic (exact) mass is 306 g/mol. The lowest BCUT2D eigenvalue weighted by Crippen LogP contribution is -2.27. The fourth-order valence-corrected chi connectivity index (χ4v) is 3.91. The number of aromatic amines is 1. The predicted molar refractivity (Wildman–Crippen MR) is 78.2 cm³/mol. The molecule has 0 aliphatic heterocycles. The molecule has 1 atom stereocenters. The van der Waals surface area contributed by atoms with Crippen LogP contribution in [0.2, 0.25) is 0 Å². The quantitative estimate of drug-likeness (QED) is 0.900. The van der Waals surface area contributed by atoms with E-state index in [1.165, 1.54) is 18.3 Å². The number of aryl methyl sites for hydroxylation is 2. The van der Waals surface area contributed by atoms with E-state index in [1.807, 2.05) is 6.07 Å². The summed E-state index contributed by atoms with van der Waals surface area (Å²) in [6, 6.07) is 4.96. The Labute approximate surface area is 124 Å². The Kier molecular flexibility index (Phi) is 3.77. The van der Waals surface area contributed by atoms with Crippen molar-refractivity contribution in [1.29, 1.82) is 0 Å². The third-order valence-electron chi connectivity index (χ3n) is 3.81. The lowest BCUT2D eigenvalue weighted by Gasteiger charge is -2.17. The fraction of sp³-hybridized carbons (Fsp3) is 0.429. The van der Waals surface area contributed by atoms with Crippen LogP contribution < -0.4 is 4.72 Å². The first-order valence-corrected chi connectivity index (χ1v) is 8.54. The van der Waals surface area contributed by atoms with E-state index in [-0.39, 0.29) is 0 Å². The lowest BCUT2D eigenvalue weighted by atomic mass is 9.92. The van der Waals surface area contributed by atoms with Gasteiger partial charge >= 0.3 is 0 Å². The van der Waals surface area contributed by atoms with Crippen LogP contribution >= 0.6 is 0 Å². The molecule has 0 amide bonds. The molecule has 1 heterocycles. The minimum atomic E-state index is -3.56. The summed E-state index contributed by atoms with van der Waals surface area (Å²) in [5, 5.41) is 6.41. The molecule has 3 rings (SSSR count). The van der Waals surface area contributed by atoms with Gasteiger partial charge in [-0.1, -0.05) is 6.07 Å². The maximum Gasteiger partial charge on any atom is 0.241 e. The Bertz CT molecular complexity index is 725. The third-order valence-corrected chi connectivity index (χ3v) is 5.34. The Morgan fingerprint density at radius 3 is 2.71 bits per heavy atom. The molecule has 21 heavy (non-hydrogen) atoms. The first-order chi connectivity index (χ1) is 10.1. The van der Waals surface area contributed by atoms with Gasteiger partial charge in [-0.25, -0.2) is 18.1 Å². The highest BCUT2D eigenvalue weighted by atomic mass is 32.2. The summed E-state index contributed by atoms with van der Waals surface area (Å²) in [5.74, 6) is 0.497.